The lowest BCUT2D eigenvalue weighted by molar-refractivity contribution is 0.0670. The van der Waals surface area contributed by atoms with Gasteiger partial charge in [-0.3, -0.25) is 4.79 Å². The van der Waals surface area contributed by atoms with Crippen molar-refractivity contribution in [1.82, 2.24) is 14.9 Å². The molecule has 2 heterocycles. The lowest BCUT2D eigenvalue weighted by atomic mass is 9.87. The normalized spacial score (nSPS) is 16.0. The molecule has 2 aromatic heterocycles. The van der Waals surface area contributed by atoms with E-state index in [2.05, 4.69) is 39.6 Å². The number of carbonyl (C=O) groups excluding carboxylic acids is 1. The van der Waals surface area contributed by atoms with Crippen molar-refractivity contribution in [3.8, 4) is 0 Å². The molecule has 30 heavy (non-hydrogen) atoms. The SMILES string of the molecule is Cc1c(C(=O)N(CCO)C(C)C)sc2ncnc(NC3CCCc4ccccc43)c12. The molecular weight excluding hydrogens is 396 g/mol. The van der Waals surface area contributed by atoms with E-state index >= 15 is 0 Å². The van der Waals surface area contributed by atoms with Gasteiger partial charge in [-0.25, -0.2) is 9.97 Å². The third kappa shape index (κ3) is 3.79. The Morgan fingerprint density at radius 3 is 2.90 bits per heavy atom. The van der Waals surface area contributed by atoms with Gasteiger partial charge in [0.25, 0.3) is 5.91 Å². The van der Waals surface area contributed by atoms with Crippen LogP contribution in [0.25, 0.3) is 10.2 Å². The molecule has 0 aliphatic heterocycles. The second-order valence-corrected chi connectivity index (χ2v) is 9.06. The Kier molecular flexibility index (Phi) is 6.01. The van der Waals surface area contributed by atoms with Gasteiger partial charge in [-0.1, -0.05) is 24.3 Å². The summed E-state index contributed by atoms with van der Waals surface area (Å²) in [5, 5.41) is 13.9. The highest BCUT2D eigenvalue weighted by Crippen LogP contribution is 2.38. The average molecular weight is 425 g/mol. The standard InChI is InChI=1S/C23H28N4O2S/c1-14(2)27(11-12-28)23(29)20-15(3)19-21(24-13-25-22(19)30-20)26-18-10-6-8-16-7-4-5-9-17(16)18/h4-5,7,9,13-14,18,28H,6,8,10-12H2,1-3H3,(H,24,25,26). The van der Waals surface area contributed by atoms with Gasteiger partial charge in [0.15, 0.2) is 0 Å². The number of aromatic nitrogens is 2. The first-order valence-electron chi connectivity index (χ1n) is 10.5. The molecule has 4 rings (SSSR count). The highest BCUT2D eigenvalue weighted by molar-refractivity contribution is 7.20. The van der Waals surface area contributed by atoms with E-state index in [9.17, 15) is 9.90 Å². The van der Waals surface area contributed by atoms with Gasteiger partial charge in [-0.05, 0) is 56.7 Å². The molecular formula is C23H28N4O2S. The van der Waals surface area contributed by atoms with Gasteiger partial charge in [0.05, 0.1) is 22.9 Å². The number of hydrogen-bond acceptors (Lipinski definition) is 6. The molecule has 1 atom stereocenters. The van der Waals surface area contributed by atoms with Crippen molar-refractivity contribution in [2.24, 2.45) is 0 Å². The van der Waals surface area contributed by atoms with Crippen molar-refractivity contribution in [1.29, 1.82) is 0 Å². The van der Waals surface area contributed by atoms with Crippen molar-refractivity contribution in [3.63, 3.8) is 0 Å². The molecule has 0 radical (unpaired) electrons. The molecule has 1 aliphatic carbocycles. The van der Waals surface area contributed by atoms with E-state index in [1.807, 2.05) is 20.8 Å². The fourth-order valence-corrected chi connectivity index (χ4v) is 5.39. The Balaban J connectivity index is 1.71. The first-order chi connectivity index (χ1) is 14.5. The third-order valence-electron chi connectivity index (χ3n) is 5.83. The first-order valence-corrected chi connectivity index (χ1v) is 11.3. The van der Waals surface area contributed by atoms with E-state index in [0.29, 0.717) is 11.4 Å². The monoisotopic (exact) mass is 424 g/mol. The zero-order valence-electron chi connectivity index (χ0n) is 17.7. The quantitative estimate of drug-likeness (QED) is 0.616. The van der Waals surface area contributed by atoms with Crippen LogP contribution in [0.5, 0.6) is 0 Å². The molecule has 0 saturated heterocycles. The van der Waals surface area contributed by atoms with Crippen LogP contribution >= 0.6 is 11.3 Å². The number of nitrogens with one attached hydrogen (secondary N) is 1. The van der Waals surface area contributed by atoms with Crippen molar-refractivity contribution >= 4 is 33.3 Å². The molecule has 0 bridgehead atoms. The average Bonchev–Trinajstić information content (AvgIpc) is 3.09. The van der Waals surface area contributed by atoms with Crippen LogP contribution in [0.3, 0.4) is 0 Å². The fraction of sp³-hybridized carbons (Fsp3) is 0.435. The molecule has 1 amide bonds. The molecule has 1 aromatic carbocycles. The number of rotatable bonds is 6. The second kappa shape index (κ2) is 8.70. The topological polar surface area (TPSA) is 78.4 Å². The van der Waals surface area contributed by atoms with Crippen molar-refractivity contribution < 1.29 is 9.90 Å². The predicted octanol–water partition coefficient (Wildman–Crippen LogP) is 4.33. The summed E-state index contributed by atoms with van der Waals surface area (Å²) in [5.41, 5.74) is 3.62. The van der Waals surface area contributed by atoms with Gasteiger partial charge < -0.3 is 15.3 Å². The lowest BCUT2D eigenvalue weighted by Crippen LogP contribution is -2.38. The molecule has 0 spiro atoms. The Morgan fingerprint density at radius 1 is 1.33 bits per heavy atom. The maximum atomic E-state index is 13.2. The number of anilines is 1. The minimum atomic E-state index is -0.0616. The Hall–Kier alpha value is -2.51. The van der Waals surface area contributed by atoms with E-state index in [-0.39, 0.29) is 24.6 Å². The summed E-state index contributed by atoms with van der Waals surface area (Å²) in [6.07, 6.45) is 4.87. The Labute approximate surface area is 181 Å². The lowest BCUT2D eigenvalue weighted by Gasteiger charge is -2.27. The molecule has 6 nitrogen and oxygen atoms in total. The van der Waals surface area contributed by atoms with Crippen LogP contribution in [-0.4, -0.2) is 45.1 Å². The minimum absolute atomic E-state index is 0.0108. The number of aliphatic hydroxyl groups is 1. The highest BCUT2D eigenvalue weighted by Gasteiger charge is 2.26. The van der Waals surface area contributed by atoms with Gasteiger partial charge in [0.2, 0.25) is 0 Å². The number of nitrogens with zero attached hydrogens (tertiary/aromatic N) is 3. The van der Waals surface area contributed by atoms with Crippen molar-refractivity contribution in [2.75, 3.05) is 18.5 Å². The number of benzene rings is 1. The summed E-state index contributed by atoms with van der Waals surface area (Å²) in [7, 11) is 0. The summed E-state index contributed by atoms with van der Waals surface area (Å²) in [6, 6.07) is 8.79. The predicted molar refractivity (Wildman–Crippen MR) is 121 cm³/mol. The van der Waals surface area contributed by atoms with Crippen LogP contribution in [0.15, 0.2) is 30.6 Å². The van der Waals surface area contributed by atoms with E-state index in [0.717, 1.165) is 40.9 Å². The minimum Gasteiger partial charge on any atom is -0.395 e. The molecule has 158 valence electrons. The summed E-state index contributed by atoms with van der Waals surface area (Å²) in [4.78, 5) is 25.4. The number of amides is 1. The molecule has 0 fully saturated rings. The van der Waals surface area contributed by atoms with Crippen LogP contribution in [0.2, 0.25) is 0 Å². The third-order valence-corrected chi connectivity index (χ3v) is 7.01. The molecule has 0 saturated carbocycles. The molecule has 1 unspecified atom stereocenters. The van der Waals surface area contributed by atoms with Crippen LogP contribution in [-0.2, 0) is 6.42 Å². The molecule has 3 aromatic rings. The van der Waals surface area contributed by atoms with Crippen LogP contribution in [0, 0.1) is 6.92 Å². The summed E-state index contributed by atoms with van der Waals surface area (Å²) >= 11 is 1.40. The van der Waals surface area contributed by atoms with Gasteiger partial charge in [0.1, 0.15) is 17.0 Å². The van der Waals surface area contributed by atoms with Gasteiger partial charge in [-0.15, -0.1) is 11.3 Å². The Morgan fingerprint density at radius 2 is 2.13 bits per heavy atom. The van der Waals surface area contributed by atoms with Crippen molar-refractivity contribution in [3.05, 3.63) is 52.2 Å². The molecule has 7 heteroatoms. The van der Waals surface area contributed by atoms with Gasteiger partial charge in [0, 0.05) is 12.6 Å². The largest absolute Gasteiger partial charge is 0.395 e. The van der Waals surface area contributed by atoms with E-state index in [4.69, 9.17) is 0 Å². The van der Waals surface area contributed by atoms with Gasteiger partial charge in [-0.2, -0.15) is 0 Å². The van der Waals surface area contributed by atoms with Crippen molar-refractivity contribution in [2.45, 2.75) is 52.1 Å². The maximum absolute atomic E-state index is 13.2. The smallest absolute Gasteiger partial charge is 0.264 e. The Bertz CT molecular complexity index is 1060. The molecule has 2 N–H and O–H groups in total. The summed E-state index contributed by atoms with van der Waals surface area (Å²) in [5.74, 6) is 0.723. The van der Waals surface area contributed by atoms with E-state index in [1.54, 1.807) is 11.2 Å². The summed E-state index contributed by atoms with van der Waals surface area (Å²) in [6.45, 7) is 6.15. The first kappa shape index (κ1) is 20.8. The fourth-order valence-electron chi connectivity index (χ4n) is 4.29. The van der Waals surface area contributed by atoms with E-state index < -0.39 is 0 Å². The van der Waals surface area contributed by atoms with Gasteiger partial charge >= 0.3 is 0 Å². The second-order valence-electron chi connectivity index (χ2n) is 8.06. The number of fused-ring (bicyclic) bond motifs is 2. The van der Waals surface area contributed by atoms with Crippen LogP contribution in [0.1, 0.15) is 59.1 Å². The number of aliphatic hydroxyl groups excluding tert-OH is 1. The number of carbonyl (C=O) groups is 1. The zero-order valence-corrected chi connectivity index (χ0v) is 18.5. The molecule has 1 aliphatic rings. The number of aryl methyl sites for hydroxylation is 2. The highest BCUT2D eigenvalue weighted by atomic mass is 32.1. The number of hydrogen-bond donors (Lipinski definition) is 2. The van der Waals surface area contributed by atoms with E-state index in [1.165, 1.54) is 22.5 Å². The summed E-state index contributed by atoms with van der Waals surface area (Å²) < 4.78 is 0. The zero-order chi connectivity index (χ0) is 21.3. The van der Waals surface area contributed by atoms with Crippen LogP contribution < -0.4 is 5.32 Å². The van der Waals surface area contributed by atoms with Crippen LogP contribution in [0.4, 0.5) is 5.82 Å². The number of thiophene rings is 1. The maximum Gasteiger partial charge on any atom is 0.264 e.